The van der Waals surface area contributed by atoms with Crippen molar-refractivity contribution in [1.82, 2.24) is 5.32 Å². The summed E-state index contributed by atoms with van der Waals surface area (Å²) < 4.78 is 14.1. The van der Waals surface area contributed by atoms with E-state index in [9.17, 15) is 9.18 Å². The standard InChI is InChI=1S/C12H14BrClFNO/c1-7(14)5-8(2)16-12(17)10-6-9(13)3-4-11(10)15/h3-4,6-8H,5H2,1-2H3,(H,16,17). The van der Waals surface area contributed by atoms with Crippen molar-refractivity contribution in [3.8, 4) is 0 Å². The van der Waals surface area contributed by atoms with Gasteiger partial charge in [0.1, 0.15) is 5.82 Å². The van der Waals surface area contributed by atoms with Crippen LogP contribution in [0.4, 0.5) is 4.39 Å². The number of alkyl halides is 1. The van der Waals surface area contributed by atoms with Crippen LogP contribution in [-0.4, -0.2) is 17.3 Å². The van der Waals surface area contributed by atoms with E-state index >= 15 is 0 Å². The molecule has 0 aliphatic carbocycles. The molecule has 0 bridgehead atoms. The molecule has 1 rings (SSSR count). The molecule has 0 aromatic heterocycles. The molecule has 17 heavy (non-hydrogen) atoms. The third-order valence-corrected chi connectivity index (χ3v) is 2.90. The fourth-order valence-electron chi connectivity index (χ4n) is 1.52. The number of nitrogens with one attached hydrogen (secondary N) is 1. The first-order valence-corrected chi connectivity index (χ1v) is 6.53. The van der Waals surface area contributed by atoms with Crippen LogP contribution >= 0.6 is 27.5 Å². The molecule has 5 heteroatoms. The molecule has 2 atom stereocenters. The van der Waals surface area contributed by atoms with Gasteiger partial charge in [-0.05, 0) is 38.5 Å². The van der Waals surface area contributed by atoms with Crippen LogP contribution in [0.5, 0.6) is 0 Å². The highest BCUT2D eigenvalue weighted by molar-refractivity contribution is 9.10. The monoisotopic (exact) mass is 321 g/mol. The smallest absolute Gasteiger partial charge is 0.254 e. The zero-order chi connectivity index (χ0) is 13.0. The molecule has 0 fully saturated rings. The molecule has 0 aliphatic rings. The summed E-state index contributed by atoms with van der Waals surface area (Å²) in [6, 6.07) is 4.18. The van der Waals surface area contributed by atoms with Crippen LogP contribution in [0, 0.1) is 5.82 Å². The van der Waals surface area contributed by atoms with Gasteiger partial charge in [0.15, 0.2) is 0 Å². The SMILES string of the molecule is CC(Cl)CC(C)NC(=O)c1cc(Br)ccc1F. The number of halogens is 3. The van der Waals surface area contributed by atoms with Gasteiger partial charge >= 0.3 is 0 Å². The molecule has 1 N–H and O–H groups in total. The number of rotatable bonds is 4. The van der Waals surface area contributed by atoms with Crippen molar-refractivity contribution in [3.63, 3.8) is 0 Å². The fourth-order valence-corrected chi connectivity index (χ4v) is 2.15. The molecular weight excluding hydrogens is 308 g/mol. The van der Waals surface area contributed by atoms with Gasteiger partial charge in [0, 0.05) is 15.9 Å². The maximum Gasteiger partial charge on any atom is 0.254 e. The Morgan fingerprint density at radius 1 is 1.53 bits per heavy atom. The summed E-state index contributed by atoms with van der Waals surface area (Å²) in [5, 5.41) is 2.68. The average molecular weight is 323 g/mol. The van der Waals surface area contributed by atoms with Crippen LogP contribution in [0.3, 0.4) is 0 Å². The van der Waals surface area contributed by atoms with Gasteiger partial charge in [0.25, 0.3) is 5.91 Å². The summed E-state index contributed by atoms with van der Waals surface area (Å²) >= 11 is 9.03. The van der Waals surface area contributed by atoms with Crippen LogP contribution in [0.15, 0.2) is 22.7 Å². The van der Waals surface area contributed by atoms with Crippen molar-refractivity contribution >= 4 is 33.4 Å². The zero-order valence-electron chi connectivity index (χ0n) is 9.64. The summed E-state index contributed by atoms with van der Waals surface area (Å²) in [5.41, 5.74) is 0.0356. The Bertz CT molecular complexity index is 411. The lowest BCUT2D eigenvalue weighted by molar-refractivity contribution is 0.0934. The first kappa shape index (κ1) is 14.5. The van der Waals surface area contributed by atoms with Gasteiger partial charge in [-0.2, -0.15) is 0 Å². The van der Waals surface area contributed by atoms with E-state index in [1.807, 2.05) is 13.8 Å². The van der Waals surface area contributed by atoms with Gasteiger partial charge in [0.2, 0.25) is 0 Å². The average Bonchev–Trinajstić information content (AvgIpc) is 2.20. The first-order valence-electron chi connectivity index (χ1n) is 5.30. The number of amides is 1. The van der Waals surface area contributed by atoms with Crippen LogP contribution in [0.1, 0.15) is 30.6 Å². The van der Waals surface area contributed by atoms with E-state index in [1.54, 1.807) is 6.07 Å². The molecule has 0 aliphatic heterocycles. The Kier molecular flexibility index (Phi) is 5.40. The molecular formula is C12H14BrClFNO. The van der Waals surface area contributed by atoms with Crippen molar-refractivity contribution in [2.75, 3.05) is 0 Å². The number of carbonyl (C=O) groups excluding carboxylic acids is 1. The topological polar surface area (TPSA) is 29.1 Å². The van der Waals surface area contributed by atoms with Crippen LogP contribution in [-0.2, 0) is 0 Å². The zero-order valence-corrected chi connectivity index (χ0v) is 12.0. The van der Waals surface area contributed by atoms with Gasteiger partial charge in [-0.3, -0.25) is 4.79 Å². The lowest BCUT2D eigenvalue weighted by atomic mass is 10.1. The second-order valence-electron chi connectivity index (χ2n) is 4.02. The quantitative estimate of drug-likeness (QED) is 0.841. The predicted octanol–water partition coefficient (Wildman–Crippen LogP) is 3.72. The van der Waals surface area contributed by atoms with Crippen molar-refractivity contribution in [2.45, 2.75) is 31.7 Å². The third kappa shape index (κ3) is 4.64. The van der Waals surface area contributed by atoms with Crippen LogP contribution in [0.2, 0.25) is 0 Å². The molecule has 2 nitrogen and oxygen atoms in total. The van der Waals surface area contributed by atoms with Crippen molar-refractivity contribution in [2.24, 2.45) is 0 Å². The molecule has 0 spiro atoms. The number of hydrogen-bond acceptors (Lipinski definition) is 1. The minimum atomic E-state index is -0.531. The van der Waals surface area contributed by atoms with E-state index in [4.69, 9.17) is 11.6 Å². The number of benzene rings is 1. The maximum absolute atomic E-state index is 13.4. The summed E-state index contributed by atoms with van der Waals surface area (Å²) in [6.07, 6.45) is 0.642. The van der Waals surface area contributed by atoms with Gasteiger partial charge in [0.05, 0.1) is 5.56 Å². The molecule has 0 saturated heterocycles. The first-order chi connectivity index (χ1) is 7.90. The van der Waals surface area contributed by atoms with E-state index in [2.05, 4.69) is 21.2 Å². The fraction of sp³-hybridized carbons (Fsp3) is 0.417. The Balaban J connectivity index is 2.73. The van der Waals surface area contributed by atoms with Crippen molar-refractivity contribution < 1.29 is 9.18 Å². The second kappa shape index (κ2) is 6.36. The van der Waals surface area contributed by atoms with Crippen LogP contribution in [0.25, 0.3) is 0 Å². The van der Waals surface area contributed by atoms with Crippen molar-refractivity contribution in [3.05, 3.63) is 34.1 Å². The summed E-state index contributed by atoms with van der Waals surface area (Å²) in [5.74, 6) is -0.953. The van der Waals surface area contributed by atoms with E-state index < -0.39 is 11.7 Å². The molecule has 0 radical (unpaired) electrons. The molecule has 1 aromatic carbocycles. The second-order valence-corrected chi connectivity index (χ2v) is 5.68. The lowest BCUT2D eigenvalue weighted by Gasteiger charge is -2.15. The molecule has 1 amide bonds. The Morgan fingerprint density at radius 3 is 2.76 bits per heavy atom. The van der Waals surface area contributed by atoms with E-state index in [1.165, 1.54) is 12.1 Å². The minimum absolute atomic E-state index is 0.0299. The Hall–Kier alpha value is -0.610. The van der Waals surface area contributed by atoms with E-state index in [0.717, 1.165) is 0 Å². The van der Waals surface area contributed by atoms with Crippen LogP contribution < -0.4 is 5.32 Å². The van der Waals surface area contributed by atoms with E-state index in [-0.39, 0.29) is 17.0 Å². The molecule has 94 valence electrons. The molecule has 0 heterocycles. The Morgan fingerprint density at radius 2 is 2.18 bits per heavy atom. The molecule has 0 saturated carbocycles. The van der Waals surface area contributed by atoms with Gasteiger partial charge in [-0.25, -0.2) is 4.39 Å². The van der Waals surface area contributed by atoms with Gasteiger partial charge in [-0.1, -0.05) is 15.9 Å². The normalized spacial score (nSPS) is 14.2. The predicted molar refractivity (Wildman–Crippen MR) is 71.0 cm³/mol. The molecule has 1 aromatic rings. The maximum atomic E-state index is 13.4. The van der Waals surface area contributed by atoms with Crippen molar-refractivity contribution in [1.29, 1.82) is 0 Å². The summed E-state index contributed by atoms with van der Waals surface area (Å²) in [6.45, 7) is 3.69. The highest BCUT2D eigenvalue weighted by atomic mass is 79.9. The molecule has 2 unspecified atom stereocenters. The number of hydrogen-bond donors (Lipinski definition) is 1. The van der Waals surface area contributed by atoms with Gasteiger partial charge < -0.3 is 5.32 Å². The van der Waals surface area contributed by atoms with Gasteiger partial charge in [-0.15, -0.1) is 11.6 Å². The Labute approximate surface area is 114 Å². The minimum Gasteiger partial charge on any atom is -0.349 e. The lowest BCUT2D eigenvalue weighted by Crippen LogP contribution is -2.34. The summed E-state index contributed by atoms with van der Waals surface area (Å²) in [4.78, 5) is 11.8. The highest BCUT2D eigenvalue weighted by Crippen LogP contribution is 2.16. The summed E-state index contributed by atoms with van der Waals surface area (Å²) in [7, 11) is 0. The largest absolute Gasteiger partial charge is 0.349 e. The number of carbonyl (C=O) groups is 1. The van der Waals surface area contributed by atoms with E-state index in [0.29, 0.717) is 10.9 Å². The third-order valence-electron chi connectivity index (χ3n) is 2.23. The highest BCUT2D eigenvalue weighted by Gasteiger charge is 2.15.